The van der Waals surface area contributed by atoms with E-state index < -0.39 is 16.9 Å². The number of esters is 1. The van der Waals surface area contributed by atoms with Gasteiger partial charge in [0, 0.05) is 6.07 Å². The summed E-state index contributed by atoms with van der Waals surface area (Å²) in [6, 6.07) is 3.34. The van der Waals surface area contributed by atoms with Crippen LogP contribution in [0.3, 0.4) is 0 Å². The second kappa shape index (κ2) is 8.05. The van der Waals surface area contributed by atoms with Crippen molar-refractivity contribution < 1.29 is 23.9 Å². The number of nitrogens with zero attached hydrogens (tertiary/aromatic N) is 1. The smallest absolute Gasteiger partial charge is 0.326 e. The minimum absolute atomic E-state index is 0.0297. The molecule has 0 bridgehead atoms. The number of hydrogen-bond acceptors (Lipinski definition) is 7. The molecule has 1 aromatic rings. The largest absolute Gasteiger partial charge is 0.493 e. The topological polar surface area (TPSA) is 99.9 Å². The van der Waals surface area contributed by atoms with Crippen molar-refractivity contribution in [2.75, 3.05) is 27.4 Å². The first kappa shape index (κ1) is 16.7. The summed E-state index contributed by atoms with van der Waals surface area (Å²) < 4.78 is 15.2. The second-order valence-electron chi connectivity index (χ2n) is 4.04. The predicted molar refractivity (Wildman–Crippen MR) is 74.6 cm³/mol. The van der Waals surface area contributed by atoms with E-state index in [1.807, 2.05) is 6.92 Å². The molecule has 0 fully saturated rings. The number of ether oxygens (including phenoxy) is 3. The Kier molecular flexibility index (Phi) is 6.41. The van der Waals surface area contributed by atoms with Crippen molar-refractivity contribution in [2.45, 2.75) is 13.0 Å². The van der Waals surface area contributed by atoms with Crippen molar-refractivity contribution in [1.29, 1.82) is 0 Å². The minimum Gasteiger partial charge on any atom is -0.493 e. The Balaban J connectivity index is 2.87. The van der Waals surface area contributed by atoms with Crippen molar-refractivity contribution in [3.05, 3.63) is 28.3 Å². The molecular weight excluding hydrogens is 280 g/mol. The van der Waals surface area contributed by atoms with E-state index in [0.717, 1.165) is 0 Å². The zero-order valence-corrected chi connectivity index (χ0v) is 12.1. The molecule has 0 amide bonds. The Morgan fingerprint density at radius 3 is 2.62 bits per heavy atom. The third-order valence-electron chi connectivity index (χ3n) is 2.70. The van der Waals surface area contributed by atoms with Gasteiger partial charge in [-0.3, -0.25) is 14.9 Å². The van der Waals surface area contributed by atoms with Crippen LogP contribution in [-0.4, -0.2) is 44.3 Å². The fourth-order valence-electron chi connectivity index (χ4n) is 1.66. The lowest BCUT2D eigenvalue weighted by Gasteiger charge is -2.17. The third-order valence-corrected chi connectivity index (χ3v) is 2.70. The van der Waals surface area contributed by atoms with Gasteiger partial charge in [0.25, 0.3) is 5.69 Å². The molecule has 1 unspecified atom stereocenters. The van der Waals surface area contributed by atoms with E-state index in [2.05, 4.69) is 10.1 Å². The van der Waals surface area contributed by atoms with Gasteiger partial charge in [-0.15, -0.1) is 0 Å². The highest BCUT2D eigenvalue weighted by atomic mass is 16.6. The summed E-state index contributed by atoms with van der Waals surface area (Å²) in [4.78, 5) is 21.8. The first-order valence-corrected chi connectivity index (χ1v) is 6.29. The van der Waals surface area contributed by atoms with Crippen LogP contribution >= 0.6 is 0 Å². The average molecular weight is 298 g/mol. The van der Waals surface area contributed by atoms with Gasteiger partial charge in [-0.05, 0) is 12.6 Å². The molecule has 1 atom stereocenters. The number of nitro groups is 1. The van der Waals surface area contributed by atoms with Gasteiger partial charge < -0.3 is 19.5 Å². The maximum atomic E-state index is 11.5. The van der Waals surface area contributed by atoms with Crippen LogP contribution in [0.25, 0.3) is 0 Å². The first-order chi connectivity index (χ1) is 10.0. The Labute approximate surface area is 122 Å². The standard InChI is InChI=1S/C13H18N2O6/c1-4-14-10(13(16)20-3)8-21-12-7-9(15(17)18)5-6-11(12)19-2/h5-7,10,14H,4,8H2,1-3H3. The fourth-order valence-corrected chi connectivity index (χ4v) is 1.66. The first-order valence-electron chi connectivity index (χ1n) is 6.29. The van der Waals surface area contributed by atoms with Gasteiger partial charge >= 0.3 is 5.97 Å². The average Bonchev–Trinajstić information content (AvgIpc) is 2.50. The molecule has 0 saturated carbocycles. The Bertz CT molecular complexity index is 505. The van der Waals surface area contributed by atoms with Crippen LogP contribution in [0.15, 0.2) is 18.2 Å². The molecule has 0 heterocycles. The molecule has 1 rings (SSSR count). The van der Waals surface area contributed by atoms with Crippen molar-refractivity contribution in [3.63, 3.8) is 0 Å². The van der Waals surface area contributed by atoms with Gasteiger partial charge in [0.15, 0.2) is 11.5 Å². The lowest BCUT2D eigenvalue weighted by molar-refractivity contribution is -0.385. The number of methoxy groups -OCH3 is 2. The molecule has 1 aromatic carbocycles. The summed E-state index contributed by atoms with van der Waals surface area (Å²) in [5.74, 6) is 0.0699. The van der Waals surface area contributed by atoms with Crippen molar-refractivity contribution in [2.24, 2.45) is 0 Å². The summed E-state index contributed by atoms with van der Waals surface area (Å²) in [5.41, 5.74) is -0.121. The molecule has 0 aliphatic carbocycles. The number of carbonyl (C=O) groups is 1. The maximum Gasteiger partial charge on any atom is 0.326 e. The van der Waals surface area contributed by atoms with Crippen molar-refractivity contribution in [3.8, 4) is 11.5 Å². The number of benzene rings is 1. The number of rotatable bonds is 8. The zero-order valence-electron chi connectivity index (χ0n) is 12.1. The van der Waals surface area contributed by atoms with Gasteiger partial charge in [-0.1, -0.05) is 6.92 Å². The van der Waals surface area contributed by atoms with Crippen LogP contribution in [0.5, 0.6) is 11.5 Å². The highest BCUT2D eigenvalue weighted by Gasteiger charge is 2.20. The van der Waals surface area contributed by atoms with Crippen LogP contribution in [0.2, 0.25) is 0 Å². The highest BCUT2D eigenvalue weighted by molar-refractivity contribution is 5.75. The van der Waals surface area contributed by atoms with Gasteiger partial charge in [0.05, 0.1) is 25.2 Å². The molecule has 116 valence electrons. The quantitative estimate of drug-likeness (QED) is 0.436. The zero-order chi connectivity index (χ0) is 15.8. The summed E-state index contributed by atoms with van der Waals surface area (Å²) in [5, 5.41) is 13.7. The molecule has 0 aromatic heterocycles. The lowest BCUT2D eigenvalue weighted by Crippen LogP contribution is -2.42. The lowest BCUT2D eigenvalue weighted by atomic mass is 10.2. The molecule has 1 N–H and O–H groups in total. The van der Waals surface area contributed by atoms with Crippen molar-refractivity contribution >= 4 is 11.7 Å². The van der Waals surface area contributed by atoms with Crippen LogP contribution in [0.1, 0.15) is 6.92 Å². The van der Waals surface area contributed by atoms with E-state index in [1.165, 1.54) is 32.4 Å². The summed E-state index contributed by atoms with van der Waals surface area (Å²) in [6.07, 6.45) is 0. The molecular formula is C13H18N2O6. The molecule has 8 nitrogen and oxygen atoms in total. The van der Waals surface area contributed by atoms with E-state index in [4.69, 9.17) is 9.47 Å². The Morgan fingerprint density at radius 1 is 1.38 bits per heavy atom. The Hall–Kier alpha value is -2.35. The SMILES string of the molecule is CCNC(COc1cc([N+](=O)[O-])ccc1OC)C(=O)OC. The number of hydrogen-bond donors (Lipinski definition) is 1. The van der Waals surface area contributed by atoms with E-state index >= 15 is 0 Å². The second-order valence-corrected chi connectivity index (χ2v) is 4.04. The molecule has 8 heteroatoms. The molecule has 0 aliphatic heterocycles. The number of nitrogens with one attached hydrogen (secondary N) is 1. The normalized spacial score (nSPS) is 11.6. The van der Waals surface area contributed by atoms with E-state index in [9.17, 15) is 14.9 Å². The minimum atomic E-state index is -0.663. The van der Waals surface area contributed by atoms with Crippen molar-refractivity contribution in [1.82, 2.24) is 5.32 Å². The molecule has 0 aliphatic rings. The molecule has 0 radical (unpaired) electrons. The summed E-state index contributed by atoms with van der Waals surface area (Å²) >= 11 is 0. The van der Waals surface area contributed by atoms with E-state index in [0.29, 0.717) is 12.3 Å². The highest BCUT2D eigenvalue weighted by Crippen LogP contribution is 2.31. The van der Waals surface area contributed by atoms with E-state index in [1.54, 1.807) is 0 Å². The molecule has 0 saturated heterocycles. The number of nitro benzene ring substituents is 1. The van der Waals surface area contributed by atoms with Gasteiger partial charge in [-0.25, -0.2) is 0 Å². The summed E-state index contributed by atoms with van der Waals surface area (Å²) in [7, 11) is 2.71. The molecule has 21 heavy (non-hydrogen) atoms. The van der Waals surface area contributed by atoms with Gasteiger partial charge in [-0.2, -0.15) is 0 Å². The van der Waals surface area contributed by atoms with Crippen LogP contribution in [0, 0.1) is 10.1 Å². The number of non-ortho nitro benzene ring substituents is 1. The summed E-state index contributed by atoms with van der Waals surface area (Å²) in [6.45, 7) is 2.36. The number of carbonyl (C=O) groups excluding carboxylic acids is 1. The van der Waals surface area contributed by atoms with Gasteiger partial charge in [0.2, 0.25) is 0 Å². The third kappa shape index (κ3) is 4.60. The number of likely N-dealkylation sites (N-methyl/N-ethyl adjacent to an activating group) is 1. The maximum absolute atomic E-state index is 11.5. The predicted octanol–water partition coefficient (Wildman–Crippen LogP) is 1.13. The molecule has 0 spiro atoms. The van der Waals surface area contributed by atoms with Crippen LogP contribution in [-0.2, 0) is 9.53 Å². The van der Waals surface area contributed by atoms with Crippen LogP contribution in [0.4, 0.5) is 5.69 Å². The van der Waals surface area contributed by atoms with Crippen LogP contribution < -0.4 is 14.8 Å². The Morgan fingerprint density at radius 2 is 2.10 bits per heavy atom. The fraction of sp³-hybridized carbons (Fsp3) is 0.462. The van der Waals surface area contributed by atoms with Gasteiger partial charge in [0.1, 0.15) is 12.6 Å². The monoisotopic (exact) mass is 298 g/mol. The van der Waals surface area contributed by atoms with E-state index in [-0.39, 0.29) is 18.0 Å².